The van der Waals surface area contributed by atoms with E-state index < -0.39 is 81.1 Å². The summed E-state index contributed by atoms with van der Waals surface area (Å²) in [6, 6.07) is -1.06. The molecule has 1 aliphatic heterocycles. The van der Waals surface area contributed by atoms with Crippen molar-refractivity contribution in [3.8, 4) is 6.19 Å². The number of amides is 2. The zero-order chi connectivity index (χ0) is 32.1. The largest absolute Gasteiger partial charge is 0.388 e. The highest BCUT2D eigenvalue weighted by Gasteiger charge is 2.65. The molecular formula is C26H27F8N5O3S. The monoisotopic (exact) mass is 641 g/mol. The van der Waals surface area contributed by atoms with Gasteiger partial charge in [0.15, 0.2) is 6.19 Å². The number of nitrogens with one attached hydrogen (secondary N) is 1. The minimum Gasteiger partial charge on any atom is -0.388 e. The van der Waals surface area contributed by atoms with Crippen molar-refractivity contribution in [2.24, 2.45) is 0 Å². The summed E-state index contributed by atoms with van der Waals surface area (Å²) in [6.07, 6.45) is 0.858. The number of β-amino-alcohol motifs (C(OH)–C–C–N with tert-alkyl or cyclic N) is 1. The lowest BCUT2D eigenvalue weighted by molar-refractivity contribution is -0.129. The highest BCUT2D eigenvalue weighted by Crippen LogP contribution is 3.02. The number of pyridine rings is 1. The molecule has 236 valence electrons. The molecule has 3 atom stereocenters. The summed E-state index contributed by atoms with van der Waals surface area (Å²) in [4.78, 5) is 30.6. The Morgan fingerprint density at radius 1 is 1.12 bits per heavy atom. The Morgan fingerprint density at radius 2 is 1.72 bits per heavy atom. The lowest BCUT2D eigenvalue weighted by Gasteiger charge is -2.41. The van der Waals surface area contributed by atoms with Crippen LogP contribution >= 0.6 is 10.2 Å². The topological polar surface area (TPSA) is 110 Å². The first-order valence-corrected chi connectivity index (χ1v) is 14.9. The van der Waals surface area contributed by atoms with E-state index in [0.717, 1.165) is 23.2 Å². The summed E-state index contributed by atoms with van der Waals surface area (Å²) in [6.45, 7) is 1.01. The van der Waals surface area contributed by atoms with Crippen LogP contribution in [-0.4, -0.2) is 57.0 Å². The SMILES string of the molecule is C[C@@]1(O)C[C@H](C(=O)N(c2ccc(S(F)(F)(F)(F)F)cc2)C(C(=O)NC2CCC(F)(F)CC2)c2ccc(F)nc2)N(C#N)C1. The van der Waals surface area contributed by atoms with Gasteiger partial charge in [-0.2, -0.15) is 9.65 Å². The van der Waals surface area contributed by atoms with E-state index >= 15 is 0 Å². The number of anilines is 1. The molecule has 1 saturated carbocycles. The fourth-order valence-corrected chi connectivity index (χ4v) is 5.90. The molecule has 43 heavy (non-hydrogen) atoms. The number of rotatable bonds is 7. The van der Waals surface area contributed by atoms with Crippen molar-refractivity contribution in [2.45, 2.75) is 73.6 Å². The molecule has 8 nitrogen and oxygen atoms in total. The van der Waals surface area contributed by atoms with Crippen molar-refractivity contribution in [1.29, 1.82) is 5.26 Å². The summed E-state index contributed by atoms with van der Waals surface area (Å²) >= 11 is 0. The van der Waals surface area contributed by atoms with E-state index in [1.807, 2.05) is 0 Å². The highest BCUT2D eigenvalue weighted by atomic mass is 32.5. The number of carbonyl (C=O) groups is 2. The predicted octanol–water partition coefficient (Wildman–Crippen LogP) is 5.95. The van der Waals surface area contributed by atoms with Crippen molar-refractivity contribution in [2.75, 3.05) is 11.4 Å². The second-order valence-electron chi connectivity index (χ2n) is 11.1. The van der Waals surface area contributed by atoms with Gasteiger partial charge in [0.2, 0.25) is 17.8 Å². The lowest BCUT2D eigenvalue weighted by Crippen LogP contribution is -2.52. The van der Waals surface area contributed by atoms with Gasteiger partial charge in [0.25, 0.3) is 5.91 Å². The van der Waals surface area contributed by atoms with Crippen molar-refractivity contribution < 1.29 is 47.3 Å². The van der Waals surface area contributed by atoms with Crippen LogP contribution in [0.5, 0.6) is 0 Å². The molecule has 1 aliphatic carbocycles. The Bertz CT molecular complexity index is 1420. The fraction of sp³-hybridized carbons (Fsp3) is 0.462. The summed E-state index contributed by atoms with van der Waals surface area (Å²) in [7, 11) is -10.1. The van der Waals surface area contributed by atoms with Gasteiger partial charge >= 0.3 is 10.2 Å². The van der Waals surface area contributed by atoms with Crippen molar-refractivity contribution >= 4 is 27.7 Å². The zero-order valence-electron chi connectivity index (χ0n) is 22.5. The van der Waals surface area contributed by atoms with E-state index in [9.17, 15) is 52.6 Å². The maximum absolute atomic E-state index is 14.1. The maximum atomic E-state index is 14.1. The summed E-state index contributed by atoms with van der Waals surface area (Å²) < 4.78 is 108. The van der Waals surface area contributed by atoms with Crippen LogP contribution in [-0.2, 0) is 9.59 Å². The number of hydrogen-bond donors (Lipinski definition) is 2. The Labute approximate surface area is 241 Å². The molecule has 2 aromatic rings. The summed E-state index contributed by atoms with van der Waals surface area (Å²) in [5.41, 5.74) is -2.23. The van der Waals surface area contributed by atoms with Crippen LogP contribution in [0, 0.1) is 17.4 Å². The van der Waals surface area contributed by atoms with Crippen molar-refractivity contribution in [1.82, 2.24) is 15.2 Å². The van der Waals surface area contributed by atoms with Crippen LogP contribution in [0.25, 0.3) is 0 Å². The van der Waals surface area contributed by atoms with Gasteiger partial charge in [0.1, 0.15) is 17.0 Å². The van der Waals surface area contributed by atoms with E-state index in [1.165, 1.54) is 6.92 Å². The molecule has 2 amide bonds. The Balaban J connectivity index is 1.83. The molecule has 4 rings (SSSR count). The lowest BCUT2D eigenvalue weighted by atomic mass is 9.91. The number of benzene rings is 1. The molecule has 2 N–H and O–H groups in total. The minimum absolute atomic E-state index is 0.0329. The fourth-order valence-electron chi connectivity index (χ4n) is 5.25. The second kappa shape index (κ2) is 10.2. The first-order valence-electron chi connectivity index (χ1n) is 12.9. The van der Waals surface area contributed by atoms with Crippen LogP contribution in [0.1, 0.15) is 50.6 Å². The Morgan fingerprint density at radius 3 is 2.23 bits per heavy atom. The van der Waals surface area contributed by atoms with Crippen LogP contribution in [0.3, 0.4) is 0 Å². The van der Waals surface area contributed by atoms with Crippen molar-refractivity contribution in [3.05, 3.63) is 54.1 Å². The van der Waals surface area contributed by atoms with Gasteiger partial charge in [-0.25, -0.2) is 13.8 Å². The maximum Gasteiger partial charge on any atom is 0.310 e. The number of nitriles is 1. The Hall–Kier alpha value is -3.65. The first kappa shape index (κ1) is 32.3. The molecule has 1 aromatic carbocycles. The van der Waals surface area contributed by atoms with E-state index in [2.05, 4.69) is 10.3 Å². The highest BCUT2D eigenvalue weighted by molar-refractivity contribution is 8.45. The van der Waals surface area contributed by atoms with Crippen LogP contribution < -0.4 is 10.2 Å². The molecule has 1 unspecified atom stereocenters. The van der Waals surface area contributed by atoms with E-state index in [-0.39, 0.29) is 43.5 Å². The predicted molar refractivity (Wildman–Crippen MR) is 139 cm³/mol. The van der Waals surface area contributed by atoms with Gasteiger partial charge in [-0.3, -0.25) is 19.4 Å². The third kappa shape index (κ3) is 7.47. The van der Waals surface area contributed by atoms with E-state index in [0.29, 0.717) is 17.0 Å². The minimum atomic E-state index is -10.1. The van der Waals surface area contributed by atoms with E-state index in [1.54, 1.807) is 6.19 Å². The molecule has 2 fully saturated rings. The third-order valence-corrected chi connectivity index (χ3v) is 8.53. The van der Waals surface area contributed by atoms with Gasteiger partial charge in [0.05, 0.1) is 12.1 Å². The summed E-state index contributed by atoms with van der Waals surface area (Å²) in [5, 5.41) is 22.7. The molecule has 0 spiro atoms. The van der Waals surface area contributed by atoms with Gasteiger partial charge in [-0.15, -0.1) is 0 Å². The standard InChI is InChI=1S/C26H27F8N5O3S/c1-25(42)12-20(38(14-25)15-35)24(41)39(18-3-5-19(6-4-18)43(30,31,32,33)34)22(16-2-7-21(27)36-13-16)23(40)37-17-8-10-26(28,29)11-9-17/h2-7,13,17,20,22,42H,8-12,14H2,1H3,(H,37,40)/t20-,22?,25-/m1/s1. The molecular weight excluding hydrogens is 614 g/mol. The summed E-state index contributed by atoms with van der Waals surface area (Å²) in [5.74, 6) is -6.03. The molecule has 0 bridgehead atoms. The third-order valence-electron chi connectivity index (χ3n) is 7.37. The van der Waals surface area contributed by atoms with Crippen molar-refractivity contribution in [3.63, 3.8) is 0 Å². The number of aromatic nitrogens is 1. The molecule has 2 heterocycles. The molecule has 1 saturated heterocycles. The smallest absolute Gasteiger partial charge is 0.310 e. The van der Waals surface area contributed by atoms with Crippen LogP contribution in [0.2, 0.25) is 0 Å². The van der Waals surface area contributed by atoms with Crippen LogP contribution in [0.15, 0.2) is 47.5 Å². The zero-order valence-corrected chi connectivity index (χ0v) is 23.3. The Kier molecular flexibility index (Phi) is 7.67. The normalized spacial score (nSPS) is 24.8. The number of hydrogen-bond acceptors (Lipinski definition) is 6. The average molecular weight is 642 g/mol. The van der Waals surface area contributed by atoms with E-state index in [4.69, 9.17) is 0 Å². The quantitative estimate of drug-likeness (QED) is 0.220. The average Bonchev–Trinajstić information content (AvgIpc) is 3.22. The number of likely N-dealkylation sites (tertiary alicyclic amines) is 1. The van der Waals surface area contributed by atoms with Gasteiger partial charge in [-0.1, -0.05) is 25.5 Å². The number of nitrogens with zero attached hydrogens (tertiary/aromatic N) is 4. The molecule has 17 heteroatoms. The van der Waals surface area contributed by atoms with Gasteiger partial charge in [-0.05, 0) is 50.1 Å². The number of aliphatic hydroxyl groups is 1. The van der Waals surface area contributed by atoms with Gasteiger partial charge in [0, 0.05) is 42.8 Å². The van der Waals surface area contributed by atoms with Crippen LogP contribution in [0.4, 0.5) is 38.3 Å². The second-order valence-corrected chi connectivity index (χ2v) is 13.5. The number of halogens is 8. The molecule has 2 aliphatic rings. The molecule has 0 radical (unpaired) electrons. The molecule has 1 aromatic heterocycles. The number of carbonyl (C=O) groups excluding carboxylic acids is 2. The first-order chi connectivity index (χ1) is 19.6. The number of alkyl halides is 2. The van der Waals surface area contributed by atoms with Gasteiger partial charge < -0.3 is 10.4 Å².